The molecule has 1 aromatic carbocycles. The predicted octanol–water partition coefficient (Wildman–Crippen LogP) is 3.15. The molecule has 2 rings (SSSR count). The Balaban J connectivity index is 2.20. The Hall–Kier alpha value is -1.02. The van der Waals surface area contributed by atoms with Crippen LogP contribution < -0.4 is 10.6 Å². The lowest BCUT2D eigenvalue weighted by molar-refractivity contribution is 0.461. The normalized spacial score (nSPS) is 17.1. The zero-order valence-corrected chi connectivity index (χ0v) is 11.1. The van der Waals surface area contributed by atoms with E-state index in [-0.39, 0.29) is 0 Å². The number of hydrogen-bond donors (Lipinski definition) is 2. The lowest BCUT2D eigenvalue weighted by atomic mass is 9.88. The van der Waals surface area contributed by atoms with Crippen LogP contribution >= 0.6 is 0 Å². The molecule has 0 radical (unpaired) electrons. The van der Waals surface area contributed by atoms with Crippen molar-refractivity contribution < 1.29 is 0 Å². The summed E-state index contributed by atoms with van der Waals surface area (Å²) in [4.78, 5) is 0. The van der Waals surface area contributed by atoms with E-state index in [1.54, 1.807) is 0 Å². The highest BCUT2D eigenvalue weighted by Crippen LogP contribution is 2.31. The number of rotatable bonds is 4. The highest BCUT2D eigenvalue weighted by atomic mass is 14.9. The molecule has 94 valence electrons. The number of anilines is 1. The van der Waals surface area contributed by atoms with Gasteiger partial charge in [-0.3, -0.25) is 0 Å². The number of benzene rings is 1. The maximum absolute atomic E-state index is 3.43. The van der Waals surface area contributed by atoms with E-state index >= 15 is 0 Å². The zero-order valence-electron chi connectivity index (χ0n) is 11.1. The Morgan fingerprint density at radius 3 is 2.71 bits per heavy atom. The minimum Gasteiger partial charge on any atom is -0.388 e. The van der Waals surface area contributed by atoms with Gasteiger partial charge in [-0.05, 0) is 55.5 Å². The topological polar surface area (TPSA) is 24.1 Å². The summed E-state index contributed by atoms with van der Waals surface area (Å²) in [7, 11) is 2.04. The average molecular weight is 232 g/mol. The largest absolute Gasteiger partial charge is 0.388 e. The molecular weight excluding hydrogens is 208 g/mol. The first-order chi connectivity index (χ1) is 8.35. The summed E-state index contributed by atoms with van der Waals surface area (Å²) in [5, 5.41) is 6.80. The van der Waals surface area contributed by atoms with Gasteiger partial charge in [0.1, 0.15) is 0 Å². The van der Waals surface area contributed by atoms with Crippen molar-refractivity contribution in [3.8, 4) is 0 Å². The molecule has 1 aliphatic heterocycles. The van der Waals surface area contributed by atoms with Crippen LogP contribution in [0.15, 0.2) is 18.2 Å². The van der Waals surface area contributed by atoms with Crippen molar-refractivity contribution in [2.75, 3.05) is 25.5 Å². The molecule has 0 amide bonds. The molecule has 1 fully saturated rings. The van der Waals surface area contributed by atoms with Crippen LogP contribution in [0.5, 0.6) is 0 Å². The van der Waals surface area contributed by atoms with Gasteiger partial charge in [-0.15, -0.1) is 0 Å². The summed E-state index contributed by atoms with van der Waals surface area (Å²) in [6, 6.07) is 6.98. The first-order valence-corrected chi connectivity index (χ1v) is 6.86. The second kappa shape index (κ2) is 6.06. The third-order valence-corrected chi connectivity index (χ3v) is 3.70. The van der Waals surface area contributed by atoms with Gasteiger partial charge in [0.05, 0.1) is 0 Å². The van der Waals surface area contributed by atoms with Gasteiger partial charge in [0.15, 0.2) is 0 Å². The Kier molecular flexibility index (Phi) is 4.43. The van der Waals surface area contributed by atoms with Crippen molar-refractivity contribution in [2.24, 2.45) is 0 Å². The molecule has 0 aliphatic carbocycles. The smallest absolute Gasteiger partial charge is 0.0375 e. The summed E-state index contributed by atoms with van der Waals surface area (Å²) < 4.78 is 0. The number of nitrogens with one attached hydrogen (secondary N) is 2. The Morgan fingerprint density at radius 1 is 1.29 bits per heavy atom. The number of aryl methyl sites for hydroxylation is 1. The van der Waals surface area contributed by atoms with Gasteiger partial charge in [0.2, 0.25) is 0 Å². The molecule has 0 unspecified atom stereocenters. The molecule has 1 heterocycles. The van der Waals surface area contributed by atoms with E-state index < -0.39 is 0 Å². The fourth-order valence-corrected chi connectivity index (χ4v) is 2.75. The minimum atomic E-state index is 0.731. The fraction of sp³-hybridized carbons (Fsp3) is 0.600. The molecule has 1 aliphatic rings. The third-order valence-electron chi connectivity index (χ3n) is 3.70. The number of hydrogen-bond acceptors (Lipinski definition) is 2. The van der Waals surface area contributed by atoms with Gasteiger partial charge in [-0.2, -0.15) is 0 Å². The van der Waals surface area contributed by atoms with E-state index in [9.17, 15) is 0 Å². The molecular formula is C15H24N2. The zero-order chi connectivity index (χ0) is 12.1. The van der Waals surface area contributed by atoms with Crippen molar-refractivity contribution in [3.63, 3.8) is 0 Å². The van der Waals surface area contributed by atoms with Crippen LogP contribution in [-0.4, -0.2) is 20.1 Å². The van der Waals surface area contributed by atoms with Crippen molar-refractivity contribution in [1.29, 1.82) is 0 Å². The molecule has 0 aromatic heterocycles. The van der Waals surface area contributed by atoms with Crippen LogP contribution in [0.1, 0.15) is 43.2 Å². The van der Waals surface area contributed by atoms with Crippen LogP contribution in [-0.2, 0) is 6.42 Å². The lowest BCUT2D eigenvalue weighted by Gasteiger charge is -2.25. The summed E-state index contributed by atoms with van der Waals surface area (Å²) in [5.41, 5.74) is 4.30. The van der Waals surface area contributed by atoms with Crippen LogP contribution in [0, 0.1) is 0 Å². The van der Waals surface area contributed by atoms with E-state index in [1.807, 2.05) is 7.05 Å². The first kappa shape index (κ1) is 12.4. The Bertz CT molecular complexity index is 354. The van der Waals surface area contributed by atoms with Crippen molar-refractivity contribution >= 4 is 5.69 Å². The first-order valence-electron chi connectivity index (χ1n) is 6.86. The third kappa shape index (κ3) is 3.01. The van der Waals surface area contributed by atoms with E-state index in [0.717, 1.165) is 19.0 Å². The molecule has 0 saturated carbocycles. The average Bonchev–Trinajstić information content (AvgIpc) is 2.40. The van der Waals surface area contributed by atoms with Gasteiger partial charge >= 0.3 is 0 Å². The summed E-state index contributed by atoms with van der Waals surface area (Å²) >= 11 is 0. The minimum absolute atomic E-state index is 0.731. The maximum atomic E-state index is 3.43. The van der Waals surface area contributed by atoms with E-state index in [4.69, 9.17) is 0 Å². The van der Waals surface area contributed by atoms with Crippen molar-refractivity contribution in [1.82, 2.24) is 5.32 Å². The van der Waals surface area contributed by atoms with Gasteiger partial charge < -0.3 is 10.6 Å². The number of piperidine rings is 1. The van der Waals surface area contributed by atoms with Gasteiger partial charge in [-0.25, -0.2) is 0 Å². The highest BCUT2D eigenvalue weighted by Gasteiger charge is 2.17. The van der Waals surface area contributed by atoms with Crippen LogP contribution in [0.2, 0.25) is 0 Å². The molecule has 0 bridgehead atoms. The maximum Gasteiger partial charge on any atom is 0.0375 e. The molecule has 0 spiro atoms. The molecule has 1 saturated heterocycles. The molecule has 2 N–H and O–H groups in total. The summed E-state index contributed by atoms with van der Waals surface area (Å²) in [6.45, 7) is 4.55. The van der Waals surface area contributed by atoms with Crippen molar-refractivity contribution in [2.45, 2.75) is 38.5 Å². The predicted molar refractivity (Wildman–Crippen MR) is 74.8 cm³/mol. The van der Waals surface area contributed by atoms with Crippen molar-refractivity contribution in [3.05, 3.63) is 29.3 Å². The quantitative estimate of drug-likeness (QED) is 0.833. The Labute approximate surface area is 105 Å². The van der Waals surface area contributed by atoms with Crippen LogP contribution in [0.4, 0.5) is 5.69 Å². The fourth-order valence-electron chi connectivity index (χ4n) is 2.75. The Morgan fingerprint density at radius 2 is 2.06 bits per heavy atom. The molecule has 2 nitrogen and oxygen atoms in total. The summed E-state index contributed by atoms with van der Waals surface area (Å²) in [5.74, 6) is 0.731. The molecule has 2 heteroatoms. The SMILES string of the molecule is CCCc1ccc(C2CCNCC2)c(NC)c1. The van der Waals surface area contributed by atoms with Gasteiger partial charge in [0.25, 0.3) is 0 Å². The van der Waals surface area contributed by atoms with E-state index in [1.165, 1.54) is 42.5 Å². The molecule has 17 heavy (non-hydrogen) atoms. The standard InChI is InChI=1S/C15H24N2/c1-3-4-12-5-6-14(15(11-12)16-2)13-7-9-17-10-8-13/h5-6,11,13,16-17H,3-4,7-10H2,1-2H3. The van der Waals surface area contributed by atoms with Gasteiger partial charge in [0, 0.05) is 12.7 Å². The molecule has 1 aromatic rings. The highest BCUT2D eigenvalue weighted by molar-refractivity contribution is 5.54. The lowest BCUT2D eigenvalue weighted by Crippen LogP contribution is -2.27. The monoisotopic (exact) mass is 232 g/mol. The van der Waals surface area contributed by atoms with E-state index in [0.29, 0.717) is 0 Å². The van der Waals surface area contributed by atoms with Gasteiger partial charge in [-0.1, -0.05) is 25.5 Å². The van der Waals surface area contributed by atoms with E-state index in [2.05, 4.69) is 35.8 Å². The van der Waals surface area contributed by atoms with Crippen LogP contribution in [0.3, 0.4) is 0 Å². The summed E-state index contributed by atoms with van der Waals surface area (Å²) in [6.07, 6.45) is 4.93. The second-order valence-corrected chi connectivity index (χ2v) is 4.95. The second-order valence-electron chi connectivity index (χ2n) is 4.95. The van der Waals surface area contributed by atoms with Crippen LogP contribution in [0.25, 0.3) is 0 Å². The molecule has 0 atom stereocenters.